The van der Waals surface area contributed by atoms with Gasteiger partial charge in [-0.25, -0.2) is 0 Å². The van der Waals surface area contributed by atoms with E-state index in [-0.39, 0.29) is 22.8 Å². The molecule has 3 aromatic rings. The molecular formula is C15H10Cl2N4O2S. The fourth-order valence-corrected chi connectivity index (χ4v) is 2.95. The fourth-order valence-electron chi connectivity index (χ4n) is 1.83. The summed E-state index contributed by atoms with van der Waals surface area (Å²) in [5, 5.41) is 11.6. The summed E-state index contributed by atoms with van der Waals surface area (Å²) < 4.78 is 5.51. The average Bonchev–Trinajstić information content (AvgIpc) is 3.02. The van der Waals surface area contributed by atoms with Crippen molar-refractivity contribution in [3.05, 3.63) is 52.8 Å². The maximum Gasteiger partial charge on any atom is 0.277 e. The van der Waals surface area contributed by atoms with Crippen molar-refractivity contribution >= 4 is 46.6 Å². The Morgan fingerprint density at radius 3 is 2.54 bits per heavy atom. The molecule has 0 bridgehead atoms. The van der Waals surface area contributed by atoms with Gasteiger partial charge in [0.25, 0.3) is 11.1 Å². The number of pyridine rings is 1. The third kappa shape index (κ3) is 4.05. The van der Waals surface area contributed by atoms with Gasteiger partial charge < -0.3 is 9.73 Å². The number of nitrogens with zero attached hydrogens (tertiary/aromatic N) is 3. The lowest BCUT2D eigenvalue weighted by molar-refractivity contribution is -0.113. The Morgan fingerprint density at radius 2 is 1.83 bits per heavy atom. The molecule has 0 unspecified atom stereocenters. The van der Waals surface area contributed by atoms with Crippen LogP contribution in [0.25, 0.3) is 11.5 Å². The molecule has 0 saturated heterocycles. The smallest absolute Gasteiger partial charge is 0.277 e. The van der Waals surface area contributed by atoms with Crippen LogP contribution in [0.2, 0.25) is 10.0 Å². The van der Waals surface area contributed by atoms with Gasteiger partial charge in [0.15, 0.2) is 0 Å². The van der Waals surface area contributed by atoms with Gasteiger partial charge in [-0.15, -0.1) is 10.2 Å². The molecule has 122 valence electrons. The number of aromatic nitrogens is 3. The van der Waals surface area contributed by atoms with Gasteiger partial charge >= 0.3 is 0 Å². The number of halogens is 2. The molecule has 3 rings (SSSR count). The Kier molecular flexibility index (Phi) is 5.34. The Balaban J connectivity index is 1.63. The largest absolute Gasteiger partial charge is 0.411 e. The van der Waals surface area contributed by atoms with Crippen LogP contribution in [0.15, 0.2) is 52.4 Å². The summed E-state index contributed by atoms with van der Waals surface area (Å²) in [6.45, 7) is 0. The number of thioether (sulfide) groups is 1. The lowest BCUT2D eigenvalue weighted by Gasteiger charge is -2.02. The maximum atomic E-state index is 11.9. The number of anilines is 1. The second-order valence-electron chi connectivity index (χ2n) is 4.54. The molecular weight excluding hydrogens is 371 g/mol. The lowest BCUT2D eigenvalue weighted by atomic mass is 10.2. The van der Waals surface area contributed by atoms with Gasteiger partial charge in [0, 0.05) is 18.1 Å². The minimum Gasteiger partial charge on any atom is -0.411 e. The van der Waals surface area contributed by atoms with Gasteiger partial charge in [-0.05, 0) is 24.3 Å². The molecule has 0 aliphatic heterocycles. The molecule has 1 amide bonds. The first kappa shape index (κ1) is 16.8. The summed E-state index contributed by atoms with van der Waals surface area (Å²) in [5.41, 5.74) is 1.14. The SMILES string of the molecule is O=C(CSc1nnc(-c2c(Cl)cccc2Cl)o1)Nc1ccncc1. The van der Waals surface area contributed by atoms with Crippen molar-refractivity contribution in [1.29, 1.82) is 0 Å². The van der Waals surface area contributed by atoms with Gasteiger partial charge in [0.1, 0.15) is 0 Å². The molecule has 0 spiro atoms. The molecule has 2 aromatic heterocycles. The first-order valence-corrected chi connectivity index (χ1v) is 8.48. The van der Waals surface area contributed by atoms with Crippen LogP contribution in [0.4, 0.5) is 5.69 Å². The van der Waals surface area contributed by atoms with Crippen LogP contribution < -0.4 is 5.32 Å². The zero-order valence-corrected chi connectivity index (χ0v) is 14.4. The first-order chi connectivity index (χ1) is 11.6. The Hall–Kier alpha value is -2.09. The van der Waals surface area contributed by atoms with E-state index in [4.69, 9.17) is 27.6 Å². The molecule has 24 heavy (non-hydrogen) atoms. The zero-order chi connectivity index (χ0) is 16.9. The molecule has 0 aliphatic carbocycles. The molecule has 0 atom stereocenters. The van der Waals surface area contributed by atoms with Gasteiger partial charge in [0.05, 0.1) is 21.4 Å². The minimum atomic E-state index is -0.193. The standard InChI is InChI=1S/C15H10Cl2N4O2S/c16-10-2-1-3-11(17)13(10)14-20-21-15(23-14)24-8-12(22)19-9-4-6-18-7-5-9/h1-7H,8H2,(H,18,19,22). The van der Waals surface area contributed by atoms with Crippen LogP contribution in [-0.4, -0.2) is 26.8 Å². The van der Waals surface area contributed by atoms with E-state index in [1.165, 1.54) is 0 Å². The van der Waals surface area contributed by atoms with Crippen LogP contribution in [0.3, 0.4) is 0 Å². The third-order valence-corrected chi connectivity index (χ3v) is 4.32. The van der Waals surface area contributed by atoms with E-state index in [0.29, 0.717) is 21.3 Å². The summed E-state index contributed by atoms with van der Waals surface area (Å²) in [4.78, 5) is 15.8. The summed E-state index contributed by atoms with van der Waals surface area (Å²) in [6.07, 6.45) is 3.20. The van der Waals surface area contributed by atoms with Crippen LogP contribution in [0.1, 0.15) is 0 Å². The topological polar surface area (TPSA) is 80.9 Å². The first-order valence-electron chi connectivity index (χ1n) is 6.74. The molecule has 2 heterocycles. The number of carbonyl (C=O) groups is 1. The van der Waals surface area contributed by atoms with Crippen molar-refractivity contribution in [3.8, 4) is 11.5 Å². The number of hydrogen-bond acceptors (Lipinski definition) is 6. The van der Waals surface area contributed by atoms with Crippen molar-refractivity contribution in [2.24, 2.45) is 0 Å². The average molecular weight is 381 g/mol. The molecule has 9 heteroatoms. The van der Waals surface area contributed by atoms with Crippen molar-refractivity contribution < 1.29 is 9.21 Å². The van der Waals surface area contributed by atoms with E-state index in [0.717, 1.165) is 11.8 Å². The highest BCUT2D eigenvalue weighted by Crippen LogP contribution is 2.34. The highest BCUT2D eigenvalue weighted by molar-refractivity contribution is 7.99. The van der Waals surface area contributed by atoms with Crippen LogP contribution in [0.5, 0.6) is 0 Å². The van der Waals surface area contributed by atoms with E-state index >= 15 is 0 Å². The van der Waals surface area contributed by atoms with Crippen LogP contribution in [0, 0.1) is 0 Å². The summed E-state index contributed by atoms with van der Waals surface area (Å²) >= 11 is 13.3. The number of amides is 1. The molecule has 0 aliphatic rings. The highest BCUT2D eigenvalue weighted by atomic mass is 35.5. The molecule has 0 radical (unpaired) electrons. The van der Waals surface area contributed by atoms with Crippen molar-refractivity contribution in [2.75, 3.05) is 11.1 Å². The van der Waals surface area contributed by atoms with Crippen molar-refractivity contribution in [3.63, 3.8) is 0 Å². The summed E-state index contributed by atoms with van der Waals surface area (Å²) in [6, 6.07) is 8.49. The molecule has 0 saturated carbocycles. The van der Waals surface area contributed by atoms with Gasteiger partial charge in [-0.1, -0.05) is 41.0 Å². The quantitative estimate of drug-likeness (QED) is 0.668. The molecule has 6 nitrogen and oxygen atoms in total. The summed E-state index contributed by atoms with van der Waals surface area (Å²) in [5.74, 6) is 0.143. The lowest BCUT2D eigenvalue weighted by Crippen LogP contribution is -2.13. The highest BCUT2D eigenvalue weighted by Gasteiger charge is 2.16. The van der Waals surface area contributed by atoms with Gasteiger partial charge in [0.2, 0.25) is 5.91 Å². The van der Waals surface area contributed by atoms with Crippen LogP contribution >= 0.6 is 35.0 Å². The Labute approximate surface area is 151 Å². The van der Waals surface area contributed by atoms with Gasteiger partial charge in [-0.3, -0.25) is 9.78 Å². The zero-order valence-electron chi connectivity index (χ0n) is 12.1. The van der Waals surface area contributed by atoms with E-state index in [1.54, 1.807) is 42.7 Å². The number of nitrogens with one attached hydrogen (secondary N) is 1. The normalized spacial score (nSPS) is 10.6. The summed E-state index contributed by atoms with van der Waals surface area (Å²) in [7, 11) is 0. The predicted molar refractivity (Wildman–Crippen MR) is 93.3 cm³/mol. The molecule has 1 aromatic carbocycles. The Bertz CT molecular complexity index is 837. The molecule has 0 fully saturated rings. The van der Waals surface area contributed by atoms with E-state index < -0.39 is 0 Å². The second-order valence-corrected chi connectivity index (χ2v) is 6.28. The van der Waals surface area contributed by atoms with E-state index in [1.807, 2.05) is 0 Å². The second kappa shape index (κ2) is 7.65. The Morgan fingerprint density at radius 1 is 1.12 bits per heavy atom. The molecule has 1 N–H and O–H groups in total. The number of hydrogen-bond donors (Lipinski definition) is 1. The van der Waals surface area contributed by atoms with E-state index in [9.17, 15) is 4.79 Å². The van der Waals surface area contributed by atoms with Crippen molar-refractivity contribution in [1.82, 2.24) is 15.2 Å². The van der Waals surface area contributed by atoms with Gasteiger partial charge in [-0.2, -0.15) is 0 Å². The van der Waals surface area contributed by atoms with E-state index in [2.05, 4.69) is 20.5 Å². The van der Waals surface area contributed by atoms with Crippen LogP contribution in [-0.2, 0) is 4.79 Å². The number of rotatable bonds is 5. The minimum absolute atomic E-state index is 0.125. The third-order valence-electron chi connectivity index (χ3n) is 2.87. The maximum absolute atomic E-state index is 11.9. The van der Waals surface area contributed by atoms with Crippen molar-refractivity contribution in [2.45, 2.75) is 5.22 Å². The number of benzene rings is 1. The monoisotopic (exact) mass is 380 g/mol. The fraction of sp³-hybridized carbons (Fsp3) is 0.0667. The predicted octanol–water partition coefficient (Wildman–Crippen LogP) is 4.17. The number of carbonyl (C=O) groups excluding carboxylic acids is 1.